The molecule has 0 spiro atoms. The molecule has 0 aliphatic heterocycles. The lowest BCUT2D eigenvalue weighted by atomic mass is 9.96. The van der Waals surface area contributed by atoms with E-state index in [1.807, 2.05) is 0 Å². The van der Waals surface area contributed by atoms with Gasteiger partial charge in [-0.05, 0) is 144 Å². The van der Waals surface area contributed by atoms with E-state index >= 15 is 0 Å². The van der Waals surface area contributed by atoms with Crippen LogP contribution in [-0.2, 0) is 0 Å². The predicted molar refractivity (Wildman–Crippen MR) is 263 cm³/mol. The summed E-state index contributed by atoms with van der Waals surface area (Å²) in [6.07, 6.45) is 0. The van der Waals surface area contributed by atoms with Crippen LogP contribution in [0.3, 0.4) is 0 Å². The molecule has 2 nitrogen and oxygen atoms in total. The van der Waals surface area contributed by atoms with E-state index in [0.717, 1.165) is 5.69 Å². The average Bonchev–Trinajstić information content (AvgIpc) is 3.97. The van der Waals surface area contributed by atoms with Gasteiger partial charge in [-0.15, -0.1) is 0 Å². The molecule has 0 bridgehead atoms. The van der Waals surface area contributed by atoms with Gasteiger partial charge in [0.15, 0.2) is 0 Å². The summed E-state index contributed by atoms with van der Waals surface area (Å²) in [5.41, 5.74) is 17.3. The molecule has 62 heavy (non-hydrogen) atoms. The van der Waals surface area contributed by atoms with Crippen LogP contribution in [0.1, 0.15) is 0 Å². The zero-order chi connectivity index (χ0) is 40.5. The van der Waals surface area contributed by atoms with Crippen LogP contribution in [0.15, 0.2) is 218 Å². The largest absolute Gasteiger partial charge is 0.309 e. The molecule has 14 rings (SSSR count). The summed E-state index contributed by atoms with van der Waals surface area (Å²) >= 11 is 0. The topological polar surface area (TPSA) is 9.86 Å². The van der Waals surface area contributed by atoms with Crippen molar-refractivity contribution >= 4 is 75.9 Å². The second-order valence-electron chi connectivity index (χ2n) is 16.9. The summed E-state index contributed by atoms with van der Waals surface area (Å²) in [5, 5.41) is 12.6. The molecule has 2 heterocycles. The molecule has 0 radical (unpaired) electrons. The standard InChI is InChI=1S/C60H36N2/c1-2-17-45(18-3-1)62-57-29-26-41(33-52(57)51-27-24-37-12-6-7-20-47(37)60(51)62)42-25-28-56-53(34-42)54-32-39-13-4-5-14-40(39)36-58(54)61(56)46-19-10-15-38(31-46)44-30-43-16-11-23-50-48-21-8-9-22-49(48)55(35-44)59(43)50/h1-36H. The third kappa shape index (κ3) is 4.75. The Balaban J connectivity index is 0.964. The number of para-hydroxylation sites is 1. The van der Waals surface area contributed by atoms with E-state index in [0.29, 0.717) is 0 Å². The van der Waals surface area contributed by atoms with Gasteiger partial charge in [0.05, 0.1) is 22.1 Å². The van der Waals surface area contributed by atoms with Crippen LogP contribution >= 0.6 is 0 Å². The summed E-state index contributed by atoms with van der Waals surface area (Å²) in [5.74, 6) is 0. The fourth-order valence-corrected chi connectivity index (χ4v) is 10.8. The molecule has 0 amide bonds. The van der Waals surface area contributed by atoms with Gasteiger partial charge in [-0.1, -0.05) is 146 Å². The van der Waals surface area contributed by atoms with Gasteiger partial charge in [-0.2, -0.15) is 0 Å². The van der Waals surface area contributed by atoms with Gasteiger partial charge >= 0.3 is 0 Å². The highest BCUT2D eigenvalue weighted by atomic mass is 15.0. The van der Waals surface area contributed by atoms with Gasteiger partial charge in [0.25, 0.3) is 0 Å². The number of hydrogen-bond donors (Lipinski definition) is 0. The number of rotatable bonds is 4. The van der Waals surface area contributed by atoms with E-state index in [9.17, 15) is 0 Å². The third-order valence-corrected chi connectivity index (χ3v) is 13.6. The van der Waals surface area contributed by atoms with Crippen molar-refractivity contribution in [3.63, 3.8) is 0 Å². The van der Waals surface area contributed by atoms with E-state index in [1.54, 1.807) is 0 Å². The minimum Gasteiger partial charge on any atom is -0.309 e. The minimum atomic E-state index is 1.15. The van der Waals surface area contributed by atoms with Crippen LogP contribution in [0.2, 0.25) is 0 Å². The van der Waals surface area contributed by atoms with Crippen molar-refractivity contribution in [3.05, 3.63) is 218 Å². The fraction of sp³-hybridized carbons (Fsp3) is 0. The van der Waals surface area contributed by atoms with Gasteiger partial charge in [0.2, 0.25) is 0 Å². The Labute approximate surface area is 357 Å². The maximum atomic E-state index is 2.47. The number of benzene rings is 11. The number of nitrogens with zero attached hydrogens (tertiary/aromatic N) is 2. The molecule has 0 atom stereocenters. The van der Waals surface area contributed by atoms with E-state index < -0.39 is 0 Å². The van der Waals surface area contributed by atoms with Gasteiger partial charge in [0.1, 0.15) is 0 Å². The van der Waals surface area contributed by atoms with Crippen molar-refractivity contribution in [1.29, 1.82) is 0 Å². The van der Waals surface area contributed by atoms with Crippen LogP contribution < -0.4 is 0 Å². The third-order valence-electron chi connectivity index (χ3n) is 13.6. The van der Waals surface area contributed by atoms with Crippen LogP contribution in [0.4, 0.5) is 0 Å². The van der Waals surface area contributed by atoms with E-state index in [1.165, 1.54) is 126 Å². The van der Waals surface area contributed by atoms with E-state index in [-0.39, 0.29) is 0 Å². The smallest absolute Gasteiger partial charge is 0.0619 e. The van der Waals surface area contributed by atoms with Crippen molar-refractivity contribution in [1.82, 2.24) is 9.13 Å². The Kier molecular flexibility index (Phi) is 6.86. The molecule has 1 aliphatic carbocycles. The molecule has 11 aromatic carbocycles. The van der Waals surface area contributed by atoms with Crippen LogP contribution in [0, 0.1) is 0 Å². The van der Waals surface area contributed by atoms with Gasteiger partial charge < -0.3 is 9.13 Å². The highest BCUT2D eigenvalue weighted by Crippen LogP contribution is 2.49. The first-order valence-electron chi connectivity index (χ1n) is 21.5. The summed E-state index contributed by atoms with van der Waals surface area (Å²) in [6, 6.07) is 81.1. The highest BCUT2D eigenvalue weighted by Gasteiger charge is 2.23. The van der Waals surface area contributed by atoms with Crippen LogP contribution in [0.25, 0.3) is 132 Å². The molecule has 0 saturated heterocycles. The number of fused-ring (bicyclic) bond motifs is 12. The lowest BCUT2D eigenvalue weighted by molar-refractivity contribution is 1.18. The Bertz CT molecular complexity index is 4030. The summed E-state index contributed by atoms with van der Waals surface area (Å²) in [7, 11) is 0. The average molecular weight is 785 g/mol. The second-order valence-corrected chi connectivity index (χ2v) is 16.9. The van der Waals surface area contributed by atoms with Gasteiger partial charge in [-0.25, -0.2) is 0 Å². The molecular weight excluding hydrogens is 749 g/mol. The number of aromatic nitrogens is 2. The lowest BCUT2D eigenvalue weighted by Crippen LogP contribution is -1.95. The molecular formula is C60H36N2. The zero-order valence-electron chi connectivity index (χ0n) is 33.7. The highest BCUT2D eigenvalue weighted by molar-refractivity contribution is 6.20. The second kappa shape index (κ2) is 12.7. The van der Waals surface area contributed by atoms with Crippen molar-refractivity contribution in [2.75, 3.05) is 0 Å². The molecule has 1 aliphatic rings. The molecule has 2 aromatic heterocycles. The Morgan fingerprint density at radius 3 is 1.66 bits per heavy atom. The summed E-state index contributed by atoms with van der Waals surface area (Å²) < 4.78 is 4.91. The fourth-order valence-electron chi connectivity index (χ4n) is 10.8. The maximum Gasteiger partial charge on any atom is 0.0619 e. The van der Waals surface area contributed by atoms with Crippen LogP contribution in [-0.4, -0.2) is 9.13 Å². The Hall–Kier alpha value is -8.20. The molecule has 13 aromatic rings. The predicted octanol–water partition coefficient (Wildman–Crippen LogP) is 16.3. The van der Waals surface area contributed by atoms with Gasteiger partial charge in [-0.3, -0.25) is 0 Å². The first-order valence-corrected chi connectivity index (χ1v) is 21.5. The summed E-state index contributed by atoms with van der Waals surface area (Å²) in [6.45, 7) is 0. The molecule has 2 heteroatoms. The Morgan fingerprint density at radius 2 is 0.839 bits per heavy atom. The molecule has 286 valence electrons. The first-order chi connectivity index (χ1) is 30.7. The quantitative estimate of drug-likeness (QED) is 0.168. The van der Waals surface area contributed by atoms with Crippen molar-refractivity contribution in [2.45, 2.75) is 0 Å². The van der Waals surface area contributed by atoms with Crippen LogP contribution in [0.5, 0.6) is 0 Å². The minimum absolute atomic E-state index is 1.15. The maximum absolute atomic E-state index is 2.47. The molecule has 0 saturated carbocycles. The SMILES string of the molecule is c1ccc(-n2c3ccc(-c4ccc5c(c4)c4cc6ccccc6cc4n5-c4cccc(-c5cc6c7c(cccc7c5)-c5ccccc5-6)c4)cc3c3ccc4ccccc4c32)cc1. The monoisotopic (exact) mass is 784 g/mol. The molecule has 0 unspecified atom stereocenters. The summed E-state index contributed by atoms with van der Waals surface area (Å²) in [4.78, 5) is 0. The van der Waals surface area contributed by atoms with Crippen molar-refractivity contribution < 1.29 is 0 Å². The first kappa shape index (κ1) is 33.6. The van der Waals surface area contributed by atoms with E-state index in [4.69, 9.17) is 0 Å². The van der Waals surface area contributed by atoms with Crippen molar-refractivity contribution in [3.8, 4) is 55.9 Å². The Morgan fingerprint density at radius 1 is 0.242 bits per heavy atom. The van der Waals surface area contributed by atoms with Crippen molar-refractivity contribution in [2.24, 2.45) is 0 Å². The number of hydrogen-bond acceptors (Lipinski definition) is 0. The molecule has 0 fully saturated rings. The normalized spacial score (nSPS) is 12.2. The lowest BCUT2D eigenvalue weighted by Gasteiger charge is -2.13. The molecule has 0 N–H and O–H groups in total. The van der Waals surface area contributed by atoms with Gasteiger partial charge in [0, 0.05) is 38.3 Å². The van der Waals surface area contributed by atoms with E-state index in [2.05, 4.69) is 228 Å². The zero-order valence-corrected chi connectivity index (χ0v) is 33.7.